The van der Waals surface area contributed by atoms with Crippen LogP contribution in [0.15, 0.2) is 54.6 Å². The van der Waals surface area contributed by atoms with Crippen LogP contribution in [0.3, 0.4) is 0 Å². The summed E-state index contributed by atoms with van der Waals surface area (Å²) in [6, 6.07) is 18.7. The number of nitrogens with two attached hydrogens (primary N) is 1. The van der Waals surface area contributed by atoms with E-state index in [0.29, 0.717) is 5.56 Å². The summed E-state index contributed by atoms with van der Waals surface area (Å²) in [7, 11) is 4.04. The Bertz CT molecular complexity index is 954. The van der Waals surface area contributed by atoms with Gasteiger partial charge in [0.1, 0.15) is 0 Å². The number of anilines is 1. The van der Waals surface area contributed by atoms with Crippen LogP contribution in [-0.4, -0.2) is 24.6 Å². The number of hydrogen-bond donors (Lipinski definition) is 1. The van der Waals surface area contributed by atoms with Crippen molar-refractivity contribution in [2.75, 3.05) is 19.0 Å². The Labute approximate surface area is 167 Å². The lowest BCUT2D eigenvalue weighted by atomic mass is 9.97. The van der Waals surface area contributed by atoms with Crippen LogP contribution in [0.1, 0.15) is 40.7 Å². The number of carbonyl (C=O) groups excluding carboxylic acids is 1. The SMILES string of the molecule is CCCc1c(-c2ccc(N(C)C)cc2)c(C(N)=O)c(C)n1Cc1ccccc1. The van der Waals surface area contributed by atoms with Gasteiger partial charge >= 0.3 is 0 Å². The smallest absolute Gasteiger partial charge is 0.251 e. The number of benzene rings is 2. The van der Waals surface area contributed by atoms with E-state index in [1.54, 1.807) is 0 Å². The van der Waals surface area contributed by atoms with E-state index in [1.165, 1.54) is 11.3 Å². The molecule has 3 rings (SSSR count). The minimum Gasteiger partial charge on any atom is -0.378 e. The fourth-order valence-corrected chi connectivity index (χ4v) is 3.81. The topological polar surface area (TPSA) is 51.3 Å². The molecule has 2 N–H and O–H groups in total. The van der Waals surface area contributed by atoms with Crippen LogP contribution in [0.5, 0.6) is 0 Å². The fraction of sp³-hybridized carbons (Fsp3) is 0.292. The van der Waals surface area contributed by atoms with E-state index >= 15 is 0 Å². The summed E-state index contributed by atoms with van der Waals surface area (Å²) in [5, 5.41) is 0. The quantitative estimate of drug-likeness (QED) is 0.655. The second kappa shape index (κ2) is 8.34. The fourth-order valence-electron chi connectivity index (χ4n) is 3.81. The summed E-state index contributed by atoms with van der Waals surface area (Å²) >= 11 is 0. The molecule has 4 heteroatoms. The Hall–Kier alpha value is -3.01. The van der Waals surface area contributed by atoms with Gasteiger partial charge in [0.25, 0.3) is 5.91 Å². The van der Waals surface area contributed by atoms with E-state index in [9.17, 15) is 4.79 Å². The third kappa shape index (κ3) is 3.81. The molecule has 0 radical (unpaired) electrons. The van der Waals surface area contributed by atoms with Crippen molar-refractivity contribution >= 4 is 11.6 Å². The van der Waals surface area contributed by atoms with Crippen LogP contribution in [0.4, 0.5) is 5.69 Å². The summed E-state index contributed by atoms with van der Waals surface area (Å²) in [5.41, 5.74) is 12.9. The number of amides is 1. The molecule has 0 aliphatic rings. The number of nitrogens with zero attached hydrogens (tertiary/aromatic N) is 2. The average Bonchev–Trinajstić information content (AvgIpc) is 2.95. The number of primary amides is 1. The Morgan fingerprint density at radius 2 is 1.68 bits per heavy atom. The van der Waals surface area contributed by atoms with Gasteiger partial charge in [-0.15, -0.1) is 0 Å². The highest BCUT2D eigenvalue weighted by molar-refractivity contribution is 6.02. The molecule has 1 amide bonds. The molecule has 0 saturated heterocycles. The van der Waals surface area contributed by atoms with E-state index in [2.05, 4.69) is 52.8 Å². The molecule has 4 nitrogen and oxygen atoms in total. The Morgan fingerprint density at radius 1 is 1.04 bits per heavy atom. The number of aromatic nitrogens is 1. The average molecular weight is 376 g/mol. The molecule has 0 saturated carbocycles. The molecule has 0 unspecified atom stereocenters. The van der Waals surface area contributed by atoms with Gasteiger partial charge in [-0.1, -0.05) is 55.8 Å². The molecule has 0 atom stereocenters. The molecule has 0 bridgehead atoms. The molecule has 28 heavy (non-hydrogen) atoms. The normalized spacial score (nSPS) is 10.9. The maximum Gasteiger partial charge on any atom is 0.251 e. The van der Waals surface area contributed by atoms with Gasteiger partial charge in [-0.3, -0.25) is 4.79 Å². The zero-order chi connectivity index (χ0) is 20.3. The summed E-state index contributed by atoms with van der Waals surface area (Å²) in [6.07, 6.45) is 1.89. The summed E-state index contributed by atoms with van der Waals surface area (Å²) in [5.74, 6) is -0.367. The van der Waals surface area contributed by atoms with Gasteiger partial charge < -0.3 is 15.2 Å². The molecule has 0 aliphatic heterocycles. The van der Waals surface area contributed by atoms with Gasteiger partial charge in [0, 0.05) is 43.3 Å². The molecule has 2 aromatic carbocycles. The predicted molar refractivity (Wildman–Crippen MR) is 117 cm³/mol. The number of carbonyl (C=O) groups is 1. The van der Waals surface area contributed by atoms with Crippen molar-refractivity contribution in [2.24, 2.45) is 5.73 Å². The van der Waals surface area contributed by atoms with Crippen molar-refractivity contribution in [2.45, 2.75) is 33.2 Å². The molecule has 0 aliphatic carbocycles. The highest BCUT2D eigenvalue weighted by Gasteiger charge is 2.24. The van der Waals surface area contributed by atoms with Crippen molar-refractivity contribution in [3.8, 4) is 11.1 Å². The van der Waals surface area contributed by atoms with Crippen molar-refractivity contribution < 1.29 is 4.79 Å². The van der Waals surface area contributed by atoms with E-state index < -0.39 is 0 Å². The first kappa shape index (κ1) is 19.7. The largest absolute Gasteiger partial charge is 0.378 e. The first-order valence-corrected chi connectivity index (χ1v) is 9.77. The van der Waals surface area contributed by atoms with Gasteiger partial charge in [-0.05, 0) is 36.6 Å². The zero-order valence-corrected chi connectivity index (χ0v) is 17.2. The van der Waals surface area contributed by atoms with Crippen LogP contribution >= 0.6 is 0 Å². The molecule has 0 spiro atoms. The van der Waals surface area contributed by atoms with E-state index in [0.717, 1.165) is 41.9 Å². The maximum absolute atomic E-state index is 12.4. The van der Waals surface area contributed by atoms with Crippen LogP contribution < -0.4 is 10.6 Å². The van der Waals surface area contributed by atoms with Crippen LogP contribution in [-0.2, 0) is 13.0 Å². The molecule has 1 heterocycles. The Kier molecular flexibility index (Phi) is 5.88. The van der Waals surface area contributed by atoms with Gasteiger partial charge in [-0.2, -0.15) is 0 Å². The van der Waals surface area contributed by atoms with E-state index in [1.807, 2.05) is 39.2 Å². The second-order valence-corrected chi connectivity index (χ2v) is 7.41. The molecule has 1 aromatic heterocycles. The van der Waals surface area contributed by atoms with Crippen LogP contribution in [0, 0.1) is 6.92 Å². The Morgan fingerprint density at radius 3 is 2.21 bits per heavy atom. The highest BCUT2D eigenvalue weighted by Crippen LogP contribution is 2.35. The summed E-state index contributed by atoms with van der Waals surface area (Å²) in [4.78, 5) is 14.5. The third-order valence-electron chi connectivity index (χ3n) is 5.22. The van der Waals surface area contributed by atoms with Crippen LogP contribution in [0.2, 0.25) is 0 Å². The van der Waals surface area contributed by atoms with Crippen LogP contribution in [0.25, 0.3) is 11.1 Å². The maximum atomic E-state index is 12.4. The summed E-state index contributed by atoms with van der Waals surface area (Å²) in [6.45, 7) is 4.90. The van der Waals surface area contributed by atoms with Gasteiger partial charge in [-0.25, -0.2) is 0 Å². The molecular formula is C24H29N3O. The van der Waals surface area contributed by atoms with Crippen molar-refractivity contribution in [3.63, 3.8) is 0 Å². The third-order valence-corrected chi connectivity index (χ3v) is 5.22. The van der Waals surface area contributed by atoms with Crippen molar-refractivity contribution in [1.82, 2.24) is 4.57 Å². The first-order chi connectivity index (χ1) is 13.4. The number of rotatable bonds is 7. The molecular weight excluding hydrogens is 346 g/mol. The van der Waals surface area contributed by atoms with Gasteiger partial charge in [0.15, 0.2) is 0 Å². The molecule has 146 valence electrons. The van der Waals surface area contributed by atoms with E-state index in [-0.39, 0.29) is 5.91 Å². The highest BCUT2D eigenvalue weighted by atomic mass is 16.1. The minimum absolute atomic E-state index is 0.367. The van der Waals surface area contributed by atoms with Crippen molar-refractivity contribution in [3.05, 3.63) is 77.1 Å². The molecule has 3 aromatic rings. The predicted octanol–water partition coefficient (Wildman–Crippen LogP) is 4.63. The minimum atomic E-state index is -0.367. The lowest BCUT2D eigenvalue weighted by Gasteiger charge is -2.15. The monoisotopic (exact) mass is 375 g/mol. The van der Waals surface area contributed by atoms with Gasteiger partial charge in [0.2, 0.25) is 0 Å². The van der Waals surface area contributed by atoms with Gasteiger partial charge in [0.05, 0.1) is 5.56 Å². The first-order valence-electron chi connectivity index (χ1n) is 9.77. The summed E-state index contributed by atoms with van der Waals surface area (Å²) < 4.78 is 2.26. The zero-order valence-electron chi connectivity index (χ0n) is 17.2. The standard InChI is InChI=1S/C24H29N3O/c1-5-9-21-23(19-12-14-20(15-13-19)26(3)4)22(24(25)28)17(2)27(21)16-18-10-7-6-8-11-18/h6-8,10-15H,5,9,16H2,1-4H3,(H2,25,28). The lowest BCUT2D eigenvalue weighted by molar-refractivity contribution is 0.1000. The second-order valence-electron chi connectivity index (χ2n) is 7.41. The van der Waals surface area contributed by atoms with E-state index in [4.69, 9.17) is 5.73 Å². The molecule has 0 fully saturated rings. The van der Waals surface area contributed by atoms with Crippen molar-refractivity contribution in [1.29, 1.82) is 0 Å². The number of hydrogen-bond acceptors (Lipinski definition) is 2. The lowest BCUT2D eigenvalue weighted by Crippen LogP contribution is -2.13. The Balaban J connectivity index is 2.19.